The Labute approximate surface area is 178 Å². The van der Waals surface area contributed by atoms with Crippen molar-refractivity contribution in [3.05, 3.63) is 64.5 Å². The monoisotopic (exact) mass is 420 g/mol. The van der Waals surface area contributed by atoms with Crippen LogP contribution < -0.4 is 16.2 Å². The largest absolute Gasteiger partial charge is 0.367 e. The Morgan fingerprint density at radius 1 is 1.19 bits per heavy atom. The second kappa shape index (κ2) is 8.33. The number of pyridine rings is 1. The topological polar surface area (TPSA) is 115 Å². The number of carbonyl (C=O) groups excluding carboxylic acids is 1. The standard InChI is InChI=1S/C22H24N6O3/c29-21-2-1-9-25-28(21)17-7-8-20(23-13-17)26-16-6-3-14(10-16)12-24-22(30)19-11-18(27-31-19)15-4-5-15/h1-2,7-9,11,13-16H,3-6,10,12H2,(H,23,26)(H,24,30)/t14-,16+/m0/s1. The zero-order chi connectivity index (χ0) is 21.2. The van der Waals surface area contributed by atoms with Gasteiger partial charge in [0, 0.05) is 36.8 Å². The van der Waals surface area contributed by atoms with Crippen molar-refractivity contribution in [2.24, 2.45) is 5.92 Å². The summed E-state index contributed by atoms with van der Waals surface area (Å²) in [6.45, 7) is 0.617. The Kier molecular flexibility index (Phi) is 5.23. The number of nitrogens with zero attached hydrogens (tertiary/aromatic N) is 4. The Morgan fingerprint density at radius 3 is 2.87 bits per heavy atom. The van der Waals surface area contributed by atoms with E-state index in [1.165, 1.54) is 10.7 Å². The van der Waals surface area contributed by atoms with E-state index in [4.69, 9.17) is 4.52 Å². The molecule has 3 heterocycles. The van der Waals surface area contributed by atoms with Crippen LogP contribution in [-0.4, -0.2) is 38.4 Å². The zero-order valence-electron chi connectivity index (χ0n) is 17.0. The van der Waals surface area contributed by atoms with Crippen molar-refractivity contribution < 1.29 is 9.32 Å². The molecule has 2 fully saturated rings. The van der Waals surface area contributed by atoms with Crippen LogP contribution in [0.15, 0.2) is 52.0 Å². The average Bonchev–Trinajstić information content (AvgIpc) is 3.34. The molecular formula is C22H24N6O3. The molecule has 3 aromatic rings. The van der Waals surface area contributed by atoms with Gasteiger partial charge in [-0.3, -0.25) is 9.59 Å². The molecule has 2 saturated carbocycles. The van der Waals surface area contributed by atoms with Crippen LogP contribution in [0, 0.1) is 5.92 Å². The van der Waals surface area contributed by atoms with Gasteiger partial charge in [0.05, 0.1) is 17.6 Å². The molecular weight excluding hydrogens is 396 g/mol. The van der Waals surface area contributed by atoms with Crippen LogP contribution in [0.3, 0.4) is 0 Å². The smallest absolute Gasteiger partial charge is 0.289 e. The summed E-state index contributed by atoms with van der Waals surface area (Å²) in [4.78, 5) is 28.6. The van der Waals surface area contributed by atoms with Gasteiger partial charge in [-0.15, -0.1) is 0 Å². The molecule has 2 aliphatic carbocycles. The van der Waals surface area contributed by atoms with E-state index in [1.807, 2.05) is 12.1 Å². The van der Waals surface area contributed by atoms with Gasteiger partial charge in [0.1, 0.15) is 5.82 Å². The van der Waals surface area contributed by atoms with Crippen LogP contribution >= 0.6 is 0 Å². The molecule has 0 aromatic carbocycles. The van der Waals surface area contributed by atoms with Crippen molar-refractivity contribution in [3.8, 4) is 5.69 Å². The van der Waals surface area contributed by atoms with Gasteiger partial charge in [0.2, 0.25) is 5.76 Å². The SMILES string of the molecule is O=C(NC[C@H]1CC[C@@H](Nc2ccc(-n3ncccc3=O)cn2)C1)c1cc(C2CC2)no1. The van der Waals surface area contributed by atoms with Crippen molar-refractivity contribution in [1.82, 2.24) is 25.2 Å². The van der Waals surface area contributed by atoms with E-state index >= 15 is 0 Å². The molecule has 0 saturated heterocycles. The summed E-state index contributed by atoms with van der Waals surface area (Å²) >= 11 is 0. The summed E-state index contributed by atoms with van der Waals surface area (Å²) in [5.74, 6) is 1.73. The number of amides is 1. The highest BCUT2D eigenvalue weighted by atomic mass is 16.5. The van der Waals surface area contributed by atoms with E-state index in [2.05, 4.69) is 25.9 Å². The van der Waals surface area contributed by atoms with Gasteiger partial charge in [-0.1, -0.05) is 5.16 Å². The third-order valence-electron chi connectivity index (χ3n) is 5.90. The normalized spacial score (nSPS) is 20.5. The second-order valence-electron chi connectivity index (χ2n) is 8.30. The van der Waals surface area contributed by atoms with E-state index in [1.54, 1.807) is 24.5 Å². The number of hydrogen-bond acceptors (Lipinski definition) is 7. The Balaban J connectivity index is 1.11. The number of hydrogen-bond donors (Lipinski definition) is 2. The summed E-state index contributed by atoms with van der Waals surface area (Å²) in [5.41, 5.74) is 1.32. The molecule has 31 heavy (non-hydrogen) atoms. The molecule has 9 nitrogen and oxygen atoms in total. The van der Waals surface area contributed by atoms with Crippen LogP contribution in [0.5, 0.6) is 0 Å². The number of nitrogens with one attached hydrogen (secondary N) is 2. The third kappa shape index (κ3) is 4.50. The molecule has 3 aromatic heterocycles. The van der Waals surface area contributed by atoms with Gasteiger partial charge >= 0.3 is 0 Å². The highest BCUT2D eigenvalue weighted by molar-refractivity contribution is 5.91. The molecule has 5 rings (SSSR count). The molecule has 0 unspecified atom stereocenters. The summed E-state index contributed by atoms with van der Waals surface area (Å²) in [6.07, 6.45) is 8.46. The van der Waals surface area contributed by atoms with Crippen molar-refractivity contribution in [1.29, 1.82) is 0 Å². The van der Waals surface area contributed by atoms with Crippen LogP contribution in [0.25, 0.3) is 5.69 Å². The summed E-state index contributed by atoms with van der Waals surface area (Å²) in [7, 11) is 0. The van der Waals surface area contributed by atoms with Gasteiger partial charge in [-0.05, 0) is 56.2 Å². The number of anilines is 1. The van der Waals surface area contributed by atoms with E-state index in [0.29, 0.717) is 35.9 Å². The average molecular weight is 420 g/mol. The lowest BCUT2D eigenvalue weighted by Gasteiger charge is -2.14. The van der Waals surface area contributed by atoms with E-state index in [-0.39, 0.29) is 11.5 Å². The molecule has 0 aliphatic heterocycles. The molecule has 1 amide bonds. The zero-order valence-corrected chi connectivity index (χ0v) is 17.0. The van der Waals surface area contributed by atoms with Crippen molar-refractivity contribution >= 4 is 11.7 Å². The first-order valence-electron chi connectivity index (χ1n) is 10.7. The van der Waals surface area contributed by atoms with E-state index < -0.39 is 0 Å². The summed E-state index contributed by atoms with van der Waals surface area (Å²) in [5, 5.41) is 14.5. The van der Waals surface area contributed by atoms with E-state index in [0.717, 1.165) is 43.6 Å². The van der Waals surface area contributed by atoms with Crippen LogP contribution in [0.2, 0.25) is 0 Å². The molecule has 2 N–H and O–H groups in total. The van der Waals surface area contributed by atoms with Gasteiger partial charge in [-0.25, -0.2) is 4.98 Å². The lowest BCUT2D eigenvalue weighted by Crippen LogP contribution is -2.28. The molecule has 0 spiro atoms. The molecule has 0 bridgehead atoms. The van der Waals surface area contributed by atoms with Crippen LogP contribution in [0.1, 0.15) is 54.3 Å². The first-order valence-corrected chi connectivity index (χ1v) is 10.7. The maximum Gasteiger partial charge on any atom is 0.289 e. The van der Waals surface area contributed by atoms with E-state index in [9.17, 15) is 9.59 Å². The predicted molar refractivity (Wildman–Crippen MR) is 113 cm³/mol. The maximum absolute atomic E-state index is 12.3. The van der Waals surface area contributed by atoms with Gasteiger partial charge in [0.15, 0.2) is 0 Å². The predicted octanol–water partition coefficient (Wildman–Crippen LogP) is 2.50. The minimum absolute atomic E-state index is 0.195. The van der Waals surface area contributed by atoms with Crippen LogP contribution in [0.4, 0.5) is 5.82 Å². The van der Waals surface area contributed by atoms with Crippen molar-refractivity contribution in [2.75, 3.05) is 11.9 Å². The Hall–Kier alpha value is -3.49. The fourth-order valence-electron chi connectivity index (χ4n) is 4.04. The lowest BCUT2D eigenvalue weighted by atomic mass is 10.1. The Bertz CT molecular complexity index is 1120. The maximum atomic E-state index is 12.3. The number of rotatable bonds is 7. The highest BCUT2D eigenvalue weighted by Crippen LogP contribution is 2.39. The fraction of sp³-hybridized carbons (Fsp3) is 0.409. The fourth-order valence-corrected chi connectivity index (χ4v) is 4.04. The van der Waals surface area contributed by atoms with Crippen LogP contribution in [-0.2, 0) is 0 Å². The van der Waals surface area contributed by atoms with Gasteiger partial charge in [-0.2, -0.15) is 9.78 Å². The molecule has 0 radical (unpaired) electrons. The minimum atomic E-state index is -0.196. The third-order valence-corrected chi connectivity index (χ3v) is 5.90. The second-order valence-corrected chi connectivity index (χ2v) is 8.30. The molecule has 160 valence electrons. The quantitative estimate of drug-likeness (QED) is 0.603. The first kappa shape index (κ1) is 19.5. The number of carbonyl (C=O) groups is 1. The summed E-state index contributed by atoms with van der Waals surface area (Å²) < 4.78 is 6.50. The number of aromatic nitrogens is 4. The highest BCUT2D eigenvalue weighted by Gasteiger charge is 2.29. The van der Waals surface area contributed by atoms with Crippen molar-refractivity contribution in [2.45, 2.75) is 44.1 Å². The van der Waals surface area contributed by atoms with Gasteiger partial charge in [0.25, 0.3) is 11.5 Å². The first-order chi connectivity index (χ1) is 15.2. The Morgan fingerprint density at radius 2 is 2.10 bits per heavy atom. The molecule has 2 atom stereocenters. The lowest BCUT2D eigenvalue weighted by molar-refractivity contribution is 0.0910. The minimum Gasteiger partial charge on any atom is -0.367 e. The van der Waals surface area contributed by atoms with Crippen molar-refractivity contribution in [3.63, 3.8) is 0 Å². The molecule has 9 heteroatoms. The van der Waals surface area contributed by atoms with Gasteiger partial charge < -0.3 is 15.2 Å². The summed E-state index contributed by atoms with van der Waals surface area (Å²) in [6, 6.07) is 8.81. The molecule has 2 aliphatic rings.